The van der Waals surface area contributed by atoms with Crippen molar-refractivity contribution in [2.75, 3.05) is 18.4 Å². The predicted octanol–water partition coefficient (Wildman–Crippen LogP) is 3.24. The van der Waals surface area contributed by atoms with Crippen molar-refractivity contribution in [1.82, 2.24) is 19.9 Å². The largest absolute Gasteiger partial charge is 0.387 e. The van der Waals surface area contributed by atoms with E-state index in [1.54, 1.807) is 17.8 Å². The van der Waals surface area contributed by atoms with Crippen molar-refractivity contribution in [2.24, 2.45) is 5.92 Å². The van der Waals surface area contributed by atoms with Crippen LogP contribution in [0.2, 0.25) is 5.02 Å². The van der Waals surface area contributed by atoms with E-state index in [9.17, 15) is 9.90 Å². The molecule has 1 aromatic heterocycles. The number of amides is 2. The molecule has 1 atom stereocenters. The second-order valence-corrected chi connectivity index (χ2v) is 7.22. The Bertz CT molecular complexity index is 769. The monoisotopic (exact) mass is 377 g/mol. The zero-order valence-electron chi connectivity index (χ0n) is 15.0. The van der Waals surface area contributed by atoms with Gasteiger partial charge in [-0.1, -0.05) is 22.9 Å². The Morgan fingerprint density at radius 1 is 1.42 bits per heavy atom. The molecule has 0 aliphatic carbocycles. The third kappa shape index (κ3) is 4.34. The molecule has 1 aromatic carbocycles. The number of aliphatic hydroxyl groups is 1. The van der Waals surface area contributed by atoms with Crippen molar-refractivity contribution in [1.29, 1.82) is 0 Å². The fourth-order valence-electron chi connectivity index (χ4n) is 3.11. The molecular formula is C18H24ClN5O2. The Hall–Kier alpha value is -2.12. The van der Waals surface area contributed by atoms with Gasteiger partial charge >= 0.3 is 6.03 Å². The molecule has 1 aliphatic heterocycles. The summed E-state index contributed by atoms with van der Waals surface area (Å²) in [5.74, 6) is 0.440. The Morgan fingerprint density at radius 2 is 2.15 bits per heavy atom. The number of rotatable bonds is 4. The SMILES string of the molecule is Cc1c(Cl)cccc1NC(=O)N1CCC(Cn2cc(C(C)O)nn2)CC1. The maximum Gasteiger partial charge on any atom is 0.321 e. The van der Waals surface area contributed by atoms with Crippen molar-refractivity contribution in [3.8, 4) is 0 Å². The van der Waals surface area contributed by atoms with Gasteiger partial charge in [-0.25, -0.2) is 4.79 Å². The molecule has 2 aromatic rings. The third-order valence-electron chi connectivity index (χ3n) is 4.84. The highest BCUT2D eigenvalue weighted by molar-refractivity contribution is 6.31. The normalized spacial score (nSPS) is 16.5. The van der Waals surface area contributed by atoms with Crippen LogP contribution in [0.1, 0.15) is 37.1 Å². The van der Waals surface area contributed by atoms with E-state index in [1.165, 1.54) is 0 Å². The van der Waals surface area contributed by atoms with Crippen LogP contribution in [-0.4, -0.2) is 44.1 Å². The number of piperidine rings is 1. The number of carbonyl (C=O) groups excluding carboxylic acids is 1. The molecule has 140 valence electrons. The Labute approximate surface area is 157 Å². The van der Waals surface area contributed by atoms with Gasteiger partial charge in [-0.15, -0.1) is 5.10 Å². The van der Waals surface area contributed by atoms with Gasteiger partial charge in [-0.2, -0.15) is 0 Å². The van der Waals surface area contributed by atoms with Gasteiger partial charge in [0, 0.05) is 30.3 Å². The number of halogens is 1. The van der Waals surface area contributed by atoms with Crippen molar-refractivity contribution in [2.45, 2.75) is 39.3 Å². The van der Waals surface area contributed by atoms with Crippen molar-refractivity contribution >= 4 is 23.3 Å². The number of nitrogens with zero attached hydrogens (tertiary/aromatic N) is 4. The highest BCUT2D eigenvalue weighted by Gasteiger charge is 2.24. The molecule has 1 unspecified atom stereocenters. The molecule has 3 rings (SSSR count). The van der Waals surface area contributed by atoms with E-state index < -0.39 is 6.10 Å². The highest BCUT2D eigenvalue weighted by atomic mass is 35.5. The average molecular weight is 378 g/mol. The van der Waals surface area contributed by atoms with Gasteiger partial charge < -0.3 is 15.3 Å². The highest BCUT2D eigenvalue weighted by Crippen LogP contribution is 2.24. The third-order valence-corrected chi connectivity index (χ3v) is 5.25. The van der Waals surface area contributed by atoms with Gasteiger partial charge in [0.15, 0.2) is 0 Å². The number of aliphatic hydroxyl groups excluding tert-OH is 1. The summed E-state index contributed by atoms with van der Waals surface area (Å²) in [4.78, 5) is 14.3. The van der Waals surface area contributed by atoms with Crippen LogP contribution in [0, 0.1) is 12.8 Å². The van der Waals surface area contributed by atoms with Gasteiger partial charge in [0.1, 0.15) is 5.69 Å². The average Bonchev–Trinajstić information content (AvgIpc) is 3.08. The zero-order chi connectivity index (χ0) is 18.7. The molecule has 1 aliphatic rings. The van der Waals surface area contributed by atoms with Crippen LogP contribution < -0.4 is 5.32 Å². The molecule has 2 amide bonds. The lowest BCUT2D eigenvalue weighted by Crippen LogP contribution is -2.41. The lowest BCUT2D eigenvalue weighted by atomic mass is 9.97. The first kappa shape index (κ1) is 18.7. The molecule has 2 N–H and O–H groups in total. The number of hydrogen-bond acceptors (Lipinski definition) is 4. The number of aromatic nitrogens is 3. The molecular weight excluding hydrogens is 354 g/mol. The van der Waals surface area contributed by atoms with Crippen molar-refractivity contribution in [3.05, 3.63) is 40.7 Å². The maximum absolute atomic E-state index is 12.5. The summed E-state index contributed by atoms with van der Waals surface area (Å²) in [6.07, 6.45) is 2.99. The van der Waals surface area contributed by atoms with E-state index in [2.05, 4.69) is 15.6 Å². The number of nitrogens with one attached hydrogen (secondary N) is 1. The first-order chi connectivity index (χ1) is 12.4. The molecule has 0 radical (unpaired) electrons. The van der Waals surface area contributed by atoms with Crippen LogP contribution in [0.15, 0.2) is 24.4 Å². The van der Waals surface area contributed by atoms with Crippen LogP contribution in [0.4, 0.5) is 10.5 Å². The summed E-state index contributed by atoms with van der Waals surface area (Å²) < 4.78 is 1.78. The second kappa shape index (κ2) is 8.05. The Kier molecular flexibility index (Phi) is 5.78. The minimum absolute atomic E-state index is 0.0917. The molecule has 0 saturated carbocycles. The van der Waals surface area contributed by atoms with Crippen LogP contribution in [-0.2, 0) is 6.54 Å². The summed E-state index contributed by atoms with van der Waals surface area (Å²) in [6, 6.07) is 5.41. The van der Waals surface area contributed by atoms with E-state index in [0.29, 0.717) is 29.7 Å². The molecule has 0 bridgehead atoms. The number of urea groups is 1. The van der Waals surface area contributed by atoms with Crippen molar-refractivity contribution in [3.63, 3.8) is 0 Å². The van der Waals surface area contributed by atoms with Crippen molar-refractivity contribution < 1.29 is 9.90 Å². The predicted molar refractivity (Wildman–Crippen MR) is 100 cm³/mol. The fourth-order valence-corrected chi connectivity index (χ4v) is 3.29. The minimum Gasteiger partial charge on any atom is -0.387 e. The van der Waals surface area contributed by atoms with Gasteiger partial charge in [0.2, 0.25) is 0 Å². The van der Waals surface area contributed by atoms with Crippen LogP contribution in [0.25, 0.3) is 0 Å². The Morgan fingerprint density at radius 3 is 2.81 bits per heavy atom. The van der Waals surface area contributed by atoms with E-state index >= 15 is 0 Å². The number of anilines is 1. The lowest BCUT2D eigenvalue weighted by Gasteiger charge is -2.32. The number of benzene rings is 1. The van der Waals surface area contributed by atoms with E-state index in [1.807, 2.05) is 30.0 Å². The number of carbonyl (C=O) groups is 1. The minimum atomic E-state index is -0.607. The standard InChI is InChI=1S/C18H24ClN5O2/c1-12-15(19)4-3-5-16(12)20-18(26)23-8-6-14(7-9-23)10-24-11-17(13(2)25)21-22-24/h3-5,11,13-14,25H,6-10H2,1-2H3,(H,20,26). The first-order valence-electron chi connectivity index (χ1n) is 8.83. The van der Waals surface area contributed by atoms with Crippen LogP contribution in [0.3, 0.4) is 0 Å². The lowest BCUT2D eigenvalue weighted by molar-refractivity contribution is 0.175. The van der Waals surface area contributed by atoms with E-state index in [4.69, 9.17) is 11.6 Å². The molecule has 7 nitrogen and oxygen atoms in total. The quantitative estimate of drug-likeness (QED) is 0.856. The molecule has 1 saturated heterocycles. The molecule has 2 heterocycles. The first-order valence-corrected chi connectivity index (χ1v) is 9.21. The summed E-state index contributed by atoms with van der Waals surface area (Å²) in [6.45, 7) is 5.72. The number of hydrogen-bond donors (Lipinski definition) is 2. The maximum atomic E-state index is 12.5. The van der Waals surface area contributed by atoms with E-state index in [0.717, 1.165) is 30.6 Å². The molecule has 0 spiro atoms. The summed E-state index contributed by atoms with van der Waals surface area (Å²) in [5.41, 5.74) is 2.20. The molecule has 26 heavy (non-hydrogen) atoms. The van der Waals surface area contributed by atoms with Gasteiger partial charge in [0.05, 0.1) is 12.3 Å². The summed E-state index contributed by atoms with van der Waals surface area (Å²) in [5, 5.41) is 21.1. The van der Waals surface area contributed by atoms with Crippen LogP contribution >= 0.6 is 11.6 Å². The van der Waals surface area contributed by atoms with Gasteiger partial charge in [-0.05, 0) is 50.3 Å². The second-order valence-electron chi connectivity index (χ2n) is 6.81. The van der Waals surface area contributed by atoms with Gasteiger partial charge in [0.25, 0.3) is 0 Å². The summed E-state index contributed by atoms with van der Waals surface area (Å²) >= 11 is 6.11. The summed E-state index contributed by atoms with van der Waals surface area (Å²) in [7, 11) is 0. The molecule has 8 heteroatoms. The fraction of sp³-hybridized carbons (Fsp3) is 0.500. The van der Waals surface area contributed by atoms with E-state index in [-0.39, 0.29) is 6.03 Å². The zero-order valence-corrected chi connectivity index (χ0v) is 15.8. The Balaban J connectivity index is 1.51. The van der Waals surface area contributed by atoms with Crippen LogP contribution in [0.5, 0.6) is 0 Å². The topological polar surface area (TPSA) is 83.3 Å². The molecule has 1 fully saturated rings. The number of likely N-dealkylation sites (tertiary alicyclic amines) is 1. The van der Waals surface area contributed by atoms with Gasteiger partial charge in [-0.3, -0.25) is 4.68 Å². The smallest absolute Gasteiger partial charge is 0.321 e.